The highest BCUT2D eigenvalue weighted by atomic mass is 32.2. The first-order chi connectivity index (χ1) is 18.8. The van der Waals surface area contributed by atoms with E-state index in [1.807, 2.05) is 61.7 Å². The third kappa shape index (κ3) is 5.05. The van der Waals surface area contributed by atoms with Gasteiger partial charge in [-0.05, 0) is 74.5 Å². The molecule has 10 nitrogen and oxygen atoms in total. The van der Waals surface area contributed by atoms with Crippen molar-refractivity contribution in [3.8, 4) is 40.1 Å². The van der Waals surface area contributed by atoms with Crippen LogP contribution in [0.3, 0.4) is 0 Å². The number of thioether (sulfide) groups is 1. The number of carboxylic acids is 1. The molecule has 1 aliphatic heterocycles. The molecule has 0 bridgehead atoms. The molecule has 0 unspecified atom stereocenters. The number of hydrogen-bond donors (Lipinski definition) is 1. The van der Waals surface area contributed by atoms with Crippen LogP contribution in [-0.2, 0) is 11.3 Å². The second-order valence-corrected chi connectivity index (χ2v) is 9.78. The maximum Gasteiger partial charge on any atom is 0.342 e. The molecule has 0 fully saturated rings. The molecule has 0 spiro atoms. The Labute approximate surface area is 229 Å². The minimum atomic E-state index is -1.05. The number of carboxylic acid groups (broad SMARTS) is 1. The predicted molar refractivity (Wildman–Crippen MR) is 147 cm³/mol. The SMILES string of the molecule is CCn1c(S/C(=C/c2cc(C)n(-c3ccc4c(c3)OCO4)c2C)C(=O)O)nnc1-c1cc(OC)cc(OC)c1. The first-order valence-corrected chi connectivity index (χ1v) is 13.0. The van der Waals surface area contributed by atoms with Gasteiger partial charge in [-0.3, -0.25) is 0 Å². The minimum Gasteiger partial charge on any atom is -0.497 e. The quantitative estimate of drug-likeness (QED) is 0.219. The summed E-state index contributed by atoms with van der Waals surface area (Å²) in [5.74, 6) is 2.16. The van der Waals surface area contributed by atoms with Gasteiger partial charge in [-0.2, -0.15) is 0 Å². The molecule has 0 atom stereocenters. The van der Waals surface area contributed by atoms with Crippen LogP contribution < -0.4 is 18.9 Å². The van der Waals surface area contributed by atoms with Crippen molar-refractivity contribution in [3.05, 3.63) is 64.3 Å². The summed E-state index contributed by atoms with van der Waals surface area (Å²) < 4.78 is 25.7. The van der Waals surface area contributed by atoms with E-state index >= 15 is 0 Å². The van der Waals surface area contributed by atoms with Gasteiger partial charge in [0, 0.05) is 41.3 Å². The Bertz CT molecular complexity index is 1570. The molecule has 11 heteroatoms. The third-order valence-electron chi connectivity index (χ3n) is 6.43. The van der Waals surface area contributed by atoms with Gasteiger partial charge >= 0.3 is 5.97 Å². The van der Waals surface area contributed by atoms with Gasteiger partial charge in [0.2, 0.25) is 6.79 Å². The van der Waals surface area contributed by atoms with Crippen LogP contribution in [0.4, 0.5) is 0 Å². The molecular weight excluding hydrogens is 520 g/mol. The Balaban J connectivity index is 1.49. The molecule has 39 heavy (non-hydrogen) atoms. The Morgan fingerprint density at radius 1 is 1.05 bits per heavy atom. The smallest absolute Gasteiger partial charge is 0.342 e. The monoisotopic (exact) mass is 548 g/mol. The van der Waals surface area contributed by atoms with E-state index in [0.29, 0.717) is 40.5 Å². The van der Waals surface area contributed by atoms with Gasteiger partial charge in [0.15, 0.2) is 22.5 Å². The zero-order valence-electron chi connectivity index (χ0n) is 22.2. The first kappa shape index (κ1) is 26.2. The van der Waals surface area contributed by atoms with Crippen LogP contribution >= 0.6 is 11.8 Å². The molecule has 5 rings (SSSR count). The number of carbonyl (C=O) groups is 1. The van der Waals surface area contributed by atoms with Gasteiger partial charge in [0.05, 0.1) is 14.2 Å². The standard InChI is InChI=1S/C28H28N4O6S/c1-6-31-26(19-10-21(35-4)14-22(11-19)36-5)29-30-28(31)39-25(27(33)34)12-18-9-16(2)32(17(18)3)20-7-8-23-24(13-20)38-15-37-23/h7-14H,6,15H2,1-5H3,(H,33,34)/b25-12+. The van der Waals surface area contributed by atoms with Crippen LogP contribution in [-0.4, -0.2) is 51.4 Å². The Kier molecular flexibility index (Phi) is 7.25. The van der Waals surface area contributed by atoms with Crippen molar-refractivity contribution < 1.29 is 28.8 Å². The first-order valence-electron chi connectivity index (χ1n) is 12.2. The zero-order chi connectivity index (χ0) is 27.7. The summed E-state index contributed by atoms with van der Waals surface area (Å²) in [6, 6.07) is 13.2. The van der Waals surface area contributed by atoms with E-state index < -0.39 is 5.97 Å². The van der Waals surface area contributed by atoms with Gasteiger partial charge in [-0.1, -0.05) is 0 Å². The average molecular weight is 549 g/mol. The molecule has 0 amide bonds. The van der Waals surface area contributed by atoms with Crippen molar-refractivity contribution in [3.63, 3.8) is 0 Å². The van der Waals surface area contributed by atoms with Gasteiger partial charge in [-0.15, -0.1) is 10.2 Å². The molecule has 1 aliphatic rings. The molecule has 202 valence electrons. The average Bonchev–Trinajstić information content (AvgIpc) is 3.64. The lowest BCUT2D eigenvalue weighted by Crippen LogP contribution is -2.03. The normalized spacial score (nSPS) is 12.6. The Morgan fingerprint density at radius 2 is 1.77 bits per heavy atom. The van der Waals surface area contributed by atoms with Crippen molar-refractivity contribution >= 4 is 23.8 Å². The van der Waals surface area contributed by atoms with Crippen LogP contribution in [0.1, 0.15) is 23.9 Å². The molecular formula is C28H28N4O6S. The topological polar surface area (TPSA) is 110 Å². The van der Waals surface area contributed by atoms with E-state index in [9.17, 15) is 9.90 Å². The van der Waals surface area contributed by atoms with Crippen molar-refractivity contribution in [2.24, 2.45) is 0 Å². The third-order valence-corrected chi connectivity index (χ3v) is 7.42. The fourth-order valence-corrected chi connectivity index (χ4v) is 5.41. The Morgan fingerprint density at radius 3 is 2.44 bits per heavy atom. The maximum atomic E-state index is 12.3. The molecule has 1 N–H and O–H groups in total. The fraction of sp³-hybridized carbons (Fsp3) is 0.250. The van der Waals surface area contributed by atoms with Crippen molar-refractivity contribution in [1.29, 1.82) is 0 Å². The second-order valence-electron chi connectivity index (χ2n) is 8.77. The van der Waals surface area contributed by atoms with Gasteiger partial charge in [0.25, 0.3) is 0 Å². The van der Waals surface area contributed by atoms with Crippen LogP contribution in [0.15, 0.2) is 52.5 Å². The summed E-state index contributed by atoms with van der Waals surface area (Å²) in [5, 5.41) is 19.2. The number of hydrogen-bond acceptors (Lipinski definition) is 8. The summed E-state index contributed by atoms with van der Waals surface area (Å²) in [4.78, 5) is 12.5. The maximum absolute atomic E-state index is 12.3. The second kappa shape index (κ2) is 10.8. The van der Waals surface area contributed by atoms with E-state index in [4.69, 9.17) is 18.9 Å². The highest BCUT2D eigenvalue weighted by molar-refractivity contribution is 8.04. The summed E-state index contributed by atoms with van der Waals surface area (Å²) in [6.45, 7) is 6.62. The van der Waals surface area contributed by atoms with Crippen molar-refractivity contribution in [2.75, 3.05) is 21.0 Å². The van der Waals surface area contributed by atoms with E-state index in [2.05, 4.69) is 14.8 Å². The number of benzene rings is 2. The summed E-state index contributed by atoms with van der Waals surface area (Å²) in [5.41, 5.74) is 4.30. The molecule has 2 aromatic heterocycles. The van der Waals surface area contributed by atoms with E-state index in [0.717, 1.165) is 40.0 Å². The number of aromatic nitrogens is 4. The summed E-state index contributed by atoms with van der Waals surface area (Å²) in [6.07, 6.45) is 1.67. The van der Waals surface area contributed by atoms with Crippen LogP contribution in [0, 0.1) is 13.8 Å². The summed E-state index contributed by atoms with van der Waals surface area (Å²) >= 11 is 1.06. The lowest BCUT2D eigenvalue weighted by molar-refractivity contribution is -0.131. The van der Waals surface area contributed by atoms with Crippen LogP contribution in [0.2, 0.25) is 0 Å². The number of aryl methyl sites for hydroxylation is 1. The predicted octanol–water partition coefficient (Wildman–Crippen LogP) is 5.34. The summed E-state index contributed by atoms with van der Waals surface area (Å²) in [7, 11) is 3.16. The lowest BCUT2D eigenvalue weighted by atomic mass is 10.2. The van der Waals surface area contributed by atoms with E-state index in [1.54, 1.807) is 26.4 Å². The molecule has 2 aromatic carbocycles. The van der Waals surface area contributed by atoms with Crippen molar-refractivity contribution in [1.82, 2.24) is 19.3 Å². The molecule has 3 heterocycles. The van der Waals surface area contributed by atoms with E-state index in [1.165, 1.54) is 0 Å². The molecule has 4 aromatic rings. The van der Waals surface area contributed by atoms with Crippen LogP contribution in [0.25, 0.3) is 23.2 Å². The molecule has 0 radical (unpaired) electrons. The van der Waals surface area contributed by atoms with E-state index in [-0.39, 0.29) is 11.7 Å². The molecule has 0 aliphatic carbocycles. The number of methoxy groups -OCH3 is 2. The lowest BCUT2D eigenvalue weighted by Gasteiger charge is -2.11. The fourth-order valence-electron chi connectivity index (χ4n) is 4.53. The Hall–Kier alpha value is -4.38. The molecule has 0 saturated carbocycles. The largest absolute Gasteiger partial charge is 0.497 e. The highest BCUT2D eigenvalue weighted by Gasteiger charge is 2.21. The van der Waals surface area contributed by atoms with Gasteiger partial charge in [0.1, 0.15) is 16.4 Å². The van der Waals surface area contributed by atoms with Crippen LogP contribution in [0.5, 0.6) is 23.0 Å². The number of rotatable bonds is 9. The van der Waals surface area contributed by atoms with Gasteiger partial charge < -0.3 is 33.2 Å². The van der Waals surface area contributed by atoms with Crippen molar-refractivity contribution in [2.45, 2.75) is 32.5 Å². The van der Waals surface area contributed by atoms with Gasteiger partial charge in [-0.25, -0.2) is 4.79 Å². The minimum absolute atomic E-state index is 0.123. The highest BCUT2D eigenvalue weighted by Crippen LogP contribution is 2.37. The number of fused-ring (bicyclic) bond motifs is 1. The molecule has 0 saturated heterocycles. The number of ether oxygens (including phenoxy) is 4. The number of aliphatic carboxylic acids is 1. The number of nitrogens with zero attached hydrogens (tertiary/aromatic N) is 4. The zero-order valence-corrected chi connectivity index (χ0v) is 23.0.